The lowest BCUT2D eigenvalue weighted by Crippen LogP contribution is -2.24. The van der Waals surface area contributed by atoms with Gasteiger partial charge in [0.05, 0.1) is 32.0 Å². The van der Waals surface area contributed by atoms with Gasteiger partial charge in [0.1, 0.15) is 0 Å². The number of carbonyl (C=O) groups is 2. The van der Waals surface area contributed by atoms with Crippen molar-refractivity contribution in [2.75, 3.05) is 25.7 Å². The number of carbonyl (C=O) groups excluding carboxylic acids is 2. The summed E-state index contributed by atoms with van der Waals surface area (Å²) in [5.41, 5.74) is 3.47. The summed E-state index contributed by atoms with van der Waals surface area (Å²) in [7, 11) is 2.86. The number of benzene rings is 2. The molecule has 0 aliphatic carbocycles. The molecule has 1 aliphatic heterocycles. The van der Waals surface area contributed by atoms with Crippen molar-refractivity contribution in [3.63, 3.8) is 0 Å². The molecule has 0 aromatic heterocycles. The molecule has 6 heteroatoms. The quantitative estimate of drug-likeness (QED) is 0.528. The standard InChI is InChI=1S/C24H25NO5/c1-6-30-20-11-10-17(14-21(20)28-4)13-19-22(24(27)29-5)16(3)25(23(19)26)18-9-7-8-15(2)12-18/h7-14H,6H2,1-5H3/b19-13-. The number of amides is 1. The molecule has 0 fully saturated rings. The first kappa shape index (κ1) is 21.2. The molecule has 0 unspecified atom stereocenters. The lowest BCUT2D eigenvalue weighted by atomic mass is 10.0. The Morgan fingerprint density at radius 2 is 1.83 bits per heavy atom. The van der Waals surface area contributed by atoms with E-state index in [1.807, 2.05) is 44.2 Å². The highest BCUT2D eigenvalue weighted by Crippen LogP contribution is 2.36. The monoisotopic (exact) mass is 407 g/mol. The number of esters is 1. The van der Waals surface area contributed by atoms with E-state index in [9.17, 15) is 9.59 Å². The molecule has 0 radical (unpaired) electrons. The van der Waals surface area contributed by atoms with Crippen molar-refractivity contribution in [3.05, 3.63) is 70.4 Å². The zero-order chi connectivity index (χ0) is 21.8. The number of hydrogen-bond donors (Lipinski definition) is 0. The van der Waals surface area contributed by atoms with Crippen LogP contribution in [0.2, 0.25) is 0 Å². The van der Waals surface area contributed by atoms with E-state index in [2.05, 4.69) is 0 Å². The van der Waals surface area contributed by atoms with E-state index in [1.54, 1.807) is 32.2 Å². The van der Waals surface area contributed by atoms with E-state index in [0.29, 0.717) is 35.1 Å². The summed E-state index contributed by atoms with van der Waals surface area (Å²) in [5, 5.41) is 0. The number of aryl methyl sites for hydroxylation is 1. The molecule has 156 valence electrons. The van der Waals surface area contributed by atoms with Gasteiger partial charge in [0.2, 0.25) is 0 Å². The number of methoxy groups -OCH3 is 2. The first-order chi connectivity index (χ1) is 14.4. The highest BCUT2D eigenvalue weighted by atomic mass is 16.5. The van der Waals surface area contributed by atoms with Crippen LogP contribution in [0.3, 0.4) is 0 Å². The highest BCUT2D eigenvalue weighted by Gasteiger charge is 2.37. The van der Waals surface area contributed by atoms with Crippen LogP contribution < -0.4 is 14.4 Å². The first-order valence-corrected chi connectivity index (χ1v) is 9.64. The number of hydrogen-bond acceptors (Lipinski definition) is 5. The Labute approximate surface area is 176 Å². The zero-order valence-electron chi connectivity index (χ0n) is 17.8. The first-order valence-electron chi connectivity index (χ1n) is 9.64. The second-order valence-corrected chi connectivity index (χ2v) is 6.83. The topological polar surface area (TPSA) is 65.1 Å². The average molecular weight is 407 g/mol. The van der Waals surface area contributed by atoms with Crippen molar-refractivity contribution in [1.29, 1.82) is 0 Å². The van der Waals surface area contributed by atoms with Gasteiger partial charge in [0.25, 0.3) is 5.91 Å². The molecule has 30 heavy (non-hydrogen) atoms. The van der Waals surface area contributed by atoms with E-state index in [0.717, 1.165) is 5.56 Å². The average Bonchev–Trinajstić information content (AvgIpc) is 2.98. The van der Waals surface area contributed by atoms with E-state index < -0.39 is 5.97 Å². The van der Waals surface area contributed by atoms with Crippen LogP contribution in [0.5, 0.6) is 11.5 Å². The molecule has 0 N–H and O–H groups in total. The Morgan fingerprint density at radius 1 is 1.07 bits per heavy atom. The Bertz CT molecular complexity index is 1050. The van der Waals surface area contributed by atoms with Gasteiger partial charge >= 0.3 is 5.97 Å². The number of allylic oxidation sites excluding steroid dienone is 1. The van der Waals surface area contributed by atoms with Crippen LogP contribution in [0.15, 0.2) is 59.3 Å². The van der Waals surface area contributed by atoms with Gasteiger partial charge < -0.3 is 14.2 Å². The van der Waals surface area contributed by atoms with Crippen LogP contribution in [-0.4, -0.2) is 32.7 Å². The third-order valence-electron chi connectivity index (χ3n) is 4.85. The SMILES string of the molecule is CCOc1ccc(/C=C2\C(=O)N(c3cccc(C)c3)C(C)=C2C(=O)OC)cc1OC. The van der Waals surface area contributed by atoms with E-state index >= 15 is 0 Å². The summed E-state index contributed by atoms with van der Waals surface area (Å²) in [6.45, 7) is 6.09. The largest absolute Gasteiger partial charge is 0.493 e. The summed E-state index contributed by atoms with van der Waals surface area (Å²) in [6.07, 6.45) is 1.67. The van der Waals surface area contributed by atoms with Crippen molar-refractivity contribution in [3.8, 4) is 11.5 Å². The molecule has 0 spiro atoms. The summed E-state index contributed by atoms with van der Waals surface area (Å²) in [4.78, 5) is 27.4. The Morgan fingerprint density at radius 3 is 2.47 bits per heavy atom. The summed E-state index contributed by atoms with van der Waals surface area (Å²) in [6, 6.07) is 12.9. The molecule has 0 saturated heterocycles. The molecule has 2 aromatic rings. The maximum atomic E-state index is 13.3. The van der Waals surface area contributed by atoms with E-state index in [-0.39, 0.29) is 17.1 Å². The number of rotatable bonds is 6. The molecule has 6 nitrogen and oxygen atoms in total. The molecule has 2 aromatic carbocycles. The van der Waals surface area contributed by atoms with Crippen LogP contribution in [0.1, 0.15) is 25.0 Å². The lowest BCUT2D eigenvalue weighted by Gasteiger charge is -2.18. The zero-order valence-corrected chi connectivity index (χ0v) is 17.8. The Hall–Kier alpha value is -3.54. The minimum absolute atomic E-state index is 0.247. The van der Waals surface area contributed by atoms with Gasteiger partial charge in [-0.05, 0) is 62.2 Å². The minimum Gasteiger partial charge on any atom is -0.493 e. The Kier molecular flexibility index (Phi) is 6.26. The van der Waals surface area contributed by atoms with E-state index in [1.165, 1.54) is 12.0 Å². The Balaban J connectivity index is 2.11. The van der Waals surface area contributed by atoms with Crippen molar-refractivity contribution in [2.45, 2.75) is 20.8 Å². The second-order valence-electron chi connectivity index (χ2n) is 6.83. The predicted octanol–water partition coefficient (Wildman–Crippen LogP) is 4.28. The maximum Gasteiger partial charge on any atom is 0.340 e. The number of ether oxygens (including phenoxy) is 3. The van der Waals surface area contributed by atoms with Crippen molar-refractivity contribution >= 4 is 23.6 Å². The van der Waals surface area contributed by atoms with Crippen LogP contribution in [0, 0.1) is 6.92 Å². The molecule has 0 bridgehead atoms. The minimum atomic E-state index is -0.555. The molecule has 1 aliphatic rings. The van der Waals surface area contributed by atoms with Crippen molar-refractivity contribution < 1.29 is 23.8 Å². The molecular weight excluding hydrogens is 382 g/mol. The molecule has 0 atom stereocenters. The van der Waals surface area contributed by atoms with Crippen LogP contribution in [0.25, 0.3) is 6.08 Å². The normalized spacial score (nSPS) is 15.0. The smallest absolute Gasteiger partial charge is 0.340 e. The van der Waals surface area contributed by atoms with Gasteiger partial charge in [-0.15, -0.1) is 0 Å². The fraction of sp³-hybridized carbons (Fsp3) is 0.250. The lowest BCUT2D eigenvalue weighted by molar-refractivity contribution is -0.136. The fourth-order valence-electron chi connectivity index (χ4n) is 3.47. The van der Waals surface area contributed by atoms with Crippen LogP contribution in [-0.2, 0) is 14.3 Å². The second kappa shape index (κ2) is 8.86. The molecule has 0 saturated carbocycles. The summed E-state index contributed by atoms with van der Waals surface area (Å²) in [5.74, 6) is 0.320. The van der Waals surface area contributed by atoms with Crippen LogP contribution >= 0.6 is 0 Å². The third kappa shape index (κ3) is 3.94. The molecular formula is C24H25NO5. The van der Waals surface area contributed by atoms with Gasteiger partial charge in [0.15, 0.2) is 11.5 Å². The van der Waals surface area contributed by atoms with Gasteiger partial charge in [0, 0.05) is 11.4 Å². The van der Waals surface area contributed by atoms with Crippen LogP contribution in [0.4, 0.5) is 5.69 Å². The highest BCUT2D eigenvalue weighted by molar-refractivity contribution is 6.23. The number of anilines is 1. The maximum absolute atomic E-state index is 13.3. The summed E-state index contributed by atoms with van der Waals surface area (Å²) < 4.78 is 15.9. The third-order valence-corrected chi connectivity index (χ3v) is 4.85. The van der Waals surface area contributed by atoms with Gasteiger partial charge in [-0.3, -0.25) is 9.69 Å². The molecule has 3 rings (SSSR count). The fourth-order valence-corrected chi connectivity index (χ4v) is 3.47. The van der Waals surface area contributed by atoms with Gasteiger partial charge in [-0.2, -0.15) is 0 Å². The van der Waals surface area contributed by atoms with Crippen molar-refractivity contribution in [1.82, 2.24) is 0 Å². The summed E-state index contributed by atoms with van der Waals surface area (Å²) >= 11 is 0. The number of nitrogens with zero attached hydrogens (tertiary/aromatic N) is 1. The van der Waals surface area contributed by atoms with Gasteiger partial charge in [-0.1, -0.05) is 18.2 Å². The predicted molar refractivity (Wildman–Crippen MR) is 116 cm³/mol. The van der Waals surface area contributed by atoms with E-state index in [4.69, 9.17) is 14.2 Å². The van der Waals surface area contributed by atoms with Gasteiger partial charge in [-0.25, -0.2) is 4.79 Å². The van der Waals surface area contributed by atoms with Crippen molar-refractivity contribution in [2.24, 2.45) is 0 Å². The molecule has 1 heterocycles. The molecule has 1 amide bonds.